The van der Waals surface area contributed by atoms with Gasteiger partial charge in [0.25, 0.3) is 5.91 Å². The summed E-state index contributed by atoms with van der Waals surface area (Å²) in [5.41, 5.74) is 1.06. The highest BCUT2D eigenvalue weighted by molar-refractivity contribution is 7.92. The Morgan fingerprint density at radius 1 is 1.11 bits per heavy atom. The van der Waals surface area contributed by atoms with E-state index < -0.39 is 21.5 Å². The summed E-state index contributed by atoms with van der Waals surface area (Å²) >= 11 is 12.1. The maximum absolute atomic E-state index is 12.8. The number of halogens is 2. The van der Waals surface area contributed by atoms with E-state index in [1.54, 1.807) is 25.2 Å². The lowest BCUT2D eigenvalue weighted by Gasteiger charge is -2.26. The van der Waals surface area contributed by atoms with Crippen LogP contribution < -0.4 is 5.32 Å². The second-order valence-corrected chi connectivity index (χ2v) is 9.05. The van der Waals surface area contributed by atoms with E-state index in [0.717, 1.165) is 5.56 Å². The number of rotatable bonds is 6. The van der Waals surface area contributed by atoms with E-state index in [-0.39, 0.29) is 16.8 Å². The van der Waals surface area contributed by atoms with Crippen LogP contribution in [0.3, 0.4) is 0 Å². The van der Waals surface area contributed by atoms with Crippen LogP contribution in [0.15, 0.2) is 47.4 Å². The first-order valence-corrected chi connectivity index (χ1v) is 10.7. The molecule has 0 aromatic heterocycles. The molecule has 0 unspecified atom stereocenters. The zero-order valence-corrected chi connectivity index (χ0v) is 17.9. The molecule has 150 valence electrons. The Kier molecular flexibility index (Phi) is 7.09. The van der Waals surface area contributed by atoms with Crippen molar-refractivity contribution in [1.29, 1.82) is 0 Å². The molecule has 0 heterocycles. The zero-order chi connectivity index (χ0) is 21.1. The minimum absolute atomic E-state index is 0.0240. The monoisotopic (exact) mass is 442 g/mol. The van der Waals surface area contributed by atoms with E-state index in [9.17, 15) is 18.0 Å². The normalized spacial score (nSPS) is 12.3. The summed E-state index contributed by atoms with van der Waals surface area (Å²) in [4.78, 5) is 25.6. The average Bonchev–Trinajstić information content (AvgIpc) is 2.66. The molecule has 0 saturated heterocycles. The molecule has 1 N–H and O–H groups in total. The van der Waals surface area contributed by atoms with E-state index in [2.05, 4.69) is 5.32 Å². The number of benzene rings is 2. The van der Waals surface area contributed by atoms with Crippen molar-refractivity contribution in [3.63, 3.8) is 0 Å². The Labute approximate surface area is 174 Å². The van der Waals surface area contributed by atoms with Gasteiger partial charge in [-0.05, 0) is 48.9 Å². The van der Waals surface area contributed by atoms with Crippen LogP contribution in [0.2, 0.25) is 10.0 Å². The maximum atomic E-state index is 12.8. The molecule has 6 nitrogen and oxygen atoms in total. The topological polar surface area (TPSA) is 83.5 Å². The van der Waals surface area contributed by atoms with Crippen LogP contribution in [0.4, 0.5) is 0 Å². The highest BCUT2D eigenvalue weighted by Gasteiger charge is 2.23. The molecule has 0 radical (unpaired) electrons. The first-order valence-electron chi connectivity index (χ1n) is 8.32. The molecule has 2 aromatic rings. The summed E-state index contributed by atoms with van der Waals surface area (Å²) in [6, 6.07) is 10.2. The first kappa shape index (κ1) is 22.2. The van der Waals surface area contributed by atoms with Crippen molar-refractivity contribution in [2.24, 2.45) is 0 Å². The van der Waals surface area contributed by atoms with Crippen molar-refractivity contribution in [2.75, 3.05) is 19.8 Å². The third kappa shape index (κ3) is 5.04. The van der Waals surface area contributed by atoms with Gasteiger partial charge in [0.15, 0.2) is 9.84 Å². The standard InChI is InChI=1S/C19H20Cl2N2O4S/c1-12(16-9-6-14(20)10-17(16)21)23(3)19(25)13-4-7-15(8-5-13)28(26,27)11-18(24)22-2/h4-10,12H,11H2,1-3H3,(H,22,24)/t12-/m0/s1. The van der Waals surface area contributed by atoms with Gasteiger partial charge in [-0.2, -0.15) is 0 Å². The van der Waals surface area contributed by atoms with Gasteiger partial charge in [-0.3, -0.25) is 9.59 Å². The first-order chi connectivity index (χ1) is 13.1. The molecule has 1 atom stereocenters. The van der Waals surface area contributed by atoms with E-state index in [4.69, 9.17) is 23.2 Å². The van der Waals surface area contributed by atoms with E-state index in [1.807, 2.05) is 6.92 Å². The minimum atomic E-state index is -3.77. The molecule has 28 heavy (non-hydrogen) atoms. The van der Waals surface area contributed by atoms with Gasteiger partial charge in [0.2, 0.25) is 5.91 Å². The summed E-state index contributed by atoms with van der Waals surface area (Å²) < 4.78 is 24.4. The summed E-state index contributed by atoms with van der Waals surface area (Å²) in [7, 11) is -0.772. The lowest BCUT2D eigenvalue weighted by molar-refractivity contribution is -0.118. The van der Waals surface area contributed by atoms with Crippen molar-refractivity contribution in [3.05, 3.63) is 63.6 Å². The van der Waals surface area contributed by atoms with Gasteiger partial charge < -0.3 is 10.2 Å². The molecule has 2 aromatic carbocycles. The second-order valence-electron chi connectivity index (χ2n) is 6.21. The van der Waals surface area contributed by atoms with E-state index in [1.165, 1.54) is 36.2 Å². The molecule has 9 heteroatoms. The number of nitrogens with zero attached hydrogens (tertiary/aromatic N) is 1. The van der Waals surface area contributed by atoms with Crippen molar-refractivity contribution in [1.82, 2.24) is 10.2 Å². The van der Waals surface area contributed by atoms with Crippen molar-refractivity contribution in [3.8, 4) is 0 Å². The van der Waals surface area contributed by atoms with Gasteiger partial charge in [0, 0.05) is 29.7 Å². The van der Waals surface area contributed by atoms with Gasteiger partial charge in [-0.15, -0.1) is 0 Å². The highest BCUT2D eigenvalue weighted by Crippen LogP contribution is 2.30. The fourth-order valence-electron chi connectivity index (χ4n) is 2.56. The third-order valence-corrected chi connectivity index (χ3v) is 6.57. The predicted octanol–water partition coefficient (Wildman–Crippen LogP) is 3.35. The number of sulfone groups is 1. The van der Waals surface area contributed by atoms with Gasteiger partial charge in [0.05, 0.1) is 10.9 Å². The number of amides is 2. The van der Waals surface area contributed by atoms with Crippen LogP contribution in [-0.2, 0) is 14.6 Å². The Balaban J connectivity index is 2.21. The fraction of sp³-hybridized carbons (Fsp3) is 0.263. The summed E-state index contributed by atoms with van der Waals surface area (Å²) in [6.07, 6.45) is 0. The van der Waals surface area contributed by atoms with E-state index in [0.29, 0.717) is 15.6 Å². The lowest BCUT2D eigenvalue weighted by Crippen LogP contribution is -2.30. The lowest BCUT2D eigenvalue weighted by atomic mass is 10.1. The van der Waals surface area contributed by atoms with Crippen molar-refractivity contribution in [2.45, 2.75) is 17.9 Å². The number of carbonyl (C=O) groups is 2. The molecule has 0 bridgehead atoms. The molecule has 0 spiro atoms. The van der Waals surface area contributed by atoms with Gasteiger partial charge >= 0.3 is 0 Å². The van der Waals surface area contributed by atoms with Crippen LogP contribution in [0.1, 0.15) is 28.9 Å². The van der Waals surface area contributed by atoms with Crippen molar-refractivity contribution >= 4 is 44.9 Å². The molecule has 0 saturated carbocycles. The van der Waals surface area contributed by atoms with Crippen LogP contribution in [0.25, 0.3) is 0 Å². The smallest absolute Gasteiger partial charge is 0.254 e. The number of hydrogen-bond donors (Lipinski definition) is 1. The van der Waals surface area contributed by atoms with Gasteiger partial charge in [-0.1, -0.05) is 29.3 Å². The summed E-state index contributed by atoms with van der Waals surface area (Å²) in [5, 5.41) is 3.23. The number of carbonyl (C=O) groups excluding carboxylic acids is 2. The number of nitrogens with one attached hydrogen (secondary N) is 1. The number of hydrogen-bond acceptors (Lipinski definition) is 4. The quantitative estimate of drug-likeness (QED) is 0.743. The average molecular weight is 443 g/mol. The maximum Gasteiger partial charge on any atom is 0.254 e. The van der Waals surface area contributed by atoms with Crippen LogP contribution >= 0.6 is 23.2 Å². The summed E-state index contributed by atoms with van der Waals surface area (Å²) in [5.74, 6) is -1.55. The molecular weight excluding hydrogens is 423 g/mol. The Bertz CT molecular complexity index is 991. The Hall–Kier alpha value is -2.09. The Morgan fingerprint density at radius 3 is 2.25 bits per heavy atom. The van der Waals surface area contributed by atoms with Gasteiger partial charge in [0.1, 0.15) is 5.75 Å². The van der Waals surface area contributed by atoms with Gasteiger partial charge in [-0.25, -0.2) is 8.42 Å². The van der Waals surface area contributed by atoms with Crippen LogP contribution in [0.5, 0.6) is 0 Å². The van der Waals surface area contributed by atoms with Crippen molar-refractivity contribution < 1.29 is 18.0 Å². The molecule has 2 rings (SSSR count). The Morgan fingerprint density at radius 2 is 1.71 bits per heavy atom. The fourth-order valence-corrected chi connectivity index (χ4v) is 4.33. The van der Waals surface area contributed by atoms with Crippen LogP contribution in [-0.4, -0.2) is 45.0 Å². The largest absolute Gasteiger partial charge is 0.358 e. The molecule has 0 aliphatic rings. The van der Waals surface area contributed by atoms with E-state index >= 15 is 0 Å². The minimum Gasteiger partial charge on any atom is -0.358 e. The highest BCUT2D eigenvalue weighted by atomic mass is 35.5. The molecular formula is C19H20Cl2N2O4S. The predicted molar refractivity (Wildman–Crippen MR) is 110 cm³/mol. The molecule has 0 aliphatic heterocycles. The molecule has 2 amide bonds. The molecule has 0 aliphatic carbocycles. The zero-order valence-electron chi connectivity index (χ0n) is 15.6. The van der Waals surface area contributed by atoms with Crippen LogP contribution in [0, 0.1) is 0 Å². The SMILES string of the molecule is CNC(=O)CS(=O)(=O)c1ccc(C(=O)N(C)[C@@H](C)c2ccc(Cl)cc2Cl)cc1. The second kappa shape index (κ2) is 8.94. The summed E-state index contributed by atoms with van der Waals surface area (Å²) in [6.45, 7) is 1.83. The third-order valence-electron chi connectivity index (χ3n) is 4.37. The molecule has 0 fully saturated rings.